The lowest BCUT2D eigenvalue weighted by atomic mass is 9.46. The third-order valence-corrected chi connectivity index (χ3v) is 6.95. The second-order valence-corrected chi connectivity index (χ2v) is 9.41. The molecule has 7 heteroatoms. The minimum atomic E-state index is -1.70. The molecule has 30 heavy (non-hydrogen) atoms. The van der Waals surface area contributed by atoms with Crippen molar-refractivity contribution >= 4 is 17.7 Å². The highest BCUT2D eigenvalue weighted by Crippen LogP contribution is 2.63. The predicted octanol–water partition coefficient (Wildman–Crippen LogP) is 2.02. The molecule has 0 amide bonds. The Morgan fingerprint density at radius 3 is 2.57 bits per heavy atom. The number of fused-ring (bicyclic) bond motifs is 3. The summed E-state index contributed by atoms with van der Waals surface area (Å²) in [6, 6.07) is 0. The molecule has 0 radical (unpaired) electrons. The van der Waals surface area contributed by atoms with Crippen LogP contribution in [-0.2, 0) is 23.9 Å². The molecule has 0 aromatic carbocycles. The molecule has 2 fully saturated rings. The Morgan fingerprint density at radius 1 is 1.23 bits per heavy atom. The Labute approximate surface area is 176 Å². The molecule has 0 aromatic heterocycles. The SMILES string of the molecule is C[C@H](O)C(=O)/C=C/C=C/C(=O)O[C@H]1C=C2COC(=O)[C@]2(O)[C@@]2(C)CCCC(C)(C)[C@H]12. The molecule has 5 atom stereocenters. The van der Waals surface area contributed by atoms with Gasteiger partial charge in [0, 0.05) is 23.0 Å². The van der Waals surface area contributed by atoms with Gasteiger partial charge >= 0.3 is 11.9 Å². The molecule has 7 nitrogen and oxygen atoms in total. The molecule has 2 aliphatic carbocycles. The number of carbonyl (C=O) groups is 3. The number of ketones is 1. The van der Waals surface area contributed by atoms with Crippen molar-refractivity contribution in [3.8, 4) is 0 Å². The van der Waals surface area contributed by atoms with Crippen LogP contribution in [0, 0.1) is 16.7 Å². The molecule has 0 unspecified atom stereocenters. The molecule has 0 aromatic rings. The predicted molar refractivity (Wildman–Crippen MR) is 108 cm³/mol. The quantitative estimate of drug-likeness (QED) is 0.304. The second kappa shape index (κ2) is 7.78. The van der Waals surface area contributed by atoms with Gasteiger partial charge in [0.05, 0.1) is 0 Å². The van der Waals surface area contributed by atoms with Crippen molar-refractivity contribution in [2.75, 3.05) is 6.61 Å². The van der Waals surface area contributed by atoms with E-state index in [0.717, 1.165) is 12.8 Å². The Hall–Kier alpha value is -2.25. The van der Waals surface area contributed by atoms with Gasteiger partial charge in [0.2, 0.25) is 0 Å². The van der Waals surface area contributed by atoms with Gasteiger partial charge in [0.15, 0.2) is 11.4 Å². The molecule has 3 rings (SSSR count). The van der Waals surface area contributed by atoms with E-state index in [2.05, 4.69) is 13.8 Å². The van der Waals surface area contributed by atoms with E-state index in [4.69, 9.17) is 14.6 Å². The Kier molecular flexibility index (Phi) is 5.82. The van der Waals surface area contributed by atoms with Gasteiger partial charge in [-0.2, -0.15) is 0 Å². The van der Waals surface area contributed by atoms with Gasteiger partial charge in [-0.25, -0.2) is 9.59 Å². The number of hydrogen-bond donors (Lipinski definition) is 2. The molecule has 164 valence electrons. The normalized spacial score (nSPS) is 36.1. The van der Waals surface area contributed by atoms with Crippen molar-refractivity contribution in [3.05, 3.63) is 36.0 Å². The highest BCUT2D eigenvalue weighted by atomic mass is 16.6. The standard InChI is InChI=1S/C23H30O7/c1-14(24)16(25)8-5-6-9-18(26)30-17-12-15-13-29-20(27)23(15,28)22(4)11-7-10-21(2,3)19(17)22/h5-6,8-9,12,14,17,19,24,28H,7,10-11,13H2,1-4H3/b8-5+,9-6+/t14-,17-,19-,22-,23-/m0/s1. The van der Waals surface area contributed by atoms with Gasteiger partial charge in [-0.3, -0.25) is 4.79 Å². The summed E-state index contributed by atoms with van der Waals surface area (Å²) in [5, 5.41) is 20.6. The third-order valence-electron chi connectivity index (χ3n) is 6.95. The molecule has 2 N–H and O–H groups in total. The molecular formula is C23H30O7. The summed E-state index contributed by atoms with van der Waals surface area (Å²) < 4.78 is 10.9. The smallest absolute Gasteiger partial charge is 0.343 e. The van der Waals surface area contributed by atoms with Crippen LogP contribution >= 0.6 is 0 Å². The number of ether oxygens (including phenoxy) is 2. The fourth-order valence-electron chi connectivity index (χ4n) is 5.54. The molecule has 3 aliphatic rings. The lowest BCUT2D eigenvalue weighted by Gasteiger charge is -2.59. The van der Waals surface area contributed by atoms with Crippen molar-refractivity contribution in [1.82, 2.24) is 0 Å². The van der Waals surface area contributed by atoms with Crippen LogP contribution in [0.25, 0.3) is 0 Å². The van der Waals surface area contributed by atoms with Crippen LogP contribution in [0.2, 0.25) is 0 Å². The summed E-state index contributed by atoms with van der Waals surface area (Å²) in [6.07, 6.45) is 7.44. The Morgan fingerprint density at radius 2 is 1.90 bits per heavy atom. The zero-order chi connectivity index (χ0) is 22.3. The van der Waals surface area contributed by atoms with Crippen LogP contribution in [0.3, 0.4) is 0 Å². The number of esters is 2. The van der Waals surface area contributed by atoms with Crippen LogP contribution in [0.4, 0.5) is 0 Å². The molecule has 1 heterocycles. The minimum absolute atomic E-state index is 0.00778. The lowest BCUT2D eigenvalue weighted by Crippen LogP contribution is -2.65. The maximum absolute atomic E-state index is 12.5. The highest BCUT2D eigenvalue weighted by molar-refractivity contribution is 5.93. The van der Waals surface area contributed by atoms with Crippen molar-refractivity contribution in [2.45, 2.75) is 64.8 Å². The van der Waals surface area contributed by atoms with Gasteiger partial charge in [-0.15, -0.1) is 0 Å². The average molecular weight is 418 g/mol. The van der Waals surface area contributed by atoms with E-state index in [1.807, 2.05) is 6.92 Å². The van der Waals surface area contributed by atoms with Crippen LogP contribution in [-0.4, -0.2) is 52.4 Å². The monoisotopic (exact) mass is 418 g/mol. The average Bonchev–Trinajstić information content (AvgIpc) is 2.94. The van der Waals surface area contributed by atoms with Gasteiger partial charge < -0.3 is 19.7 Å². The van der Waals surface area contributed by atoms with Crippen LogP contribution in [0.1, 0.15) is 47.0 Å². The lowest BCUT2D eigenvalue weighted by molar-refractivity contribution is -0.194. The largest absolute Gasteiger partial charge is 0.459 e. The van der Waals surface area contributed by atoms with E-state index in [9.17, 15) is 19.5 Å². The van der Waals surface area contributed by atoms with E-state index in [1.165, 1.54) is 31.2 Å². The molecule has 0 bridgehead atoms. The summed E-state index contributed by atoms with van der Waals surface area (Å²) in [7, 11) is 0. The summed E-state index contributed by atoms with van der Waals surface area (Å²) in [6.45, 7) is 7.38. The fourth-order valence-corrected chi connectivity index (χ4v) is 5.54. The first kappa shape index (κ1) is 22.4. The summed E-state index contributed by atoms with van der Waals surface area (Å²) >= 11 is 0. The van der Waals surface area contributed by atoms with E-state index < -0.39 is 40.9 Å². The number of allylic oxidation sites excluding steroid dienone is 2. The zero-order valence-electron chi connectivity index (χ0n) is 17.9. The number of aliphatic hydroxyl groups is 2. The number of rotatable bonds is 5. The summed E-state index contributed by atoms with van der Waals surface area (Å²) in [5.74, 6) is -1.96. The first-order chi connectivity index (χ1) is 13.9. The number of aliphatic hydroxyl groups excluding tert-OH is 1. The maximum Gasteiger partial charge on any atom is 0.343 e. The van der Waals surface area contributed by atoms with Crippen LogP contribution in [0.5, 0.6) is 0 Å². The number of hydrogen-bond acceptors (Lipinski definition) is 7. The van der Waals surface area contributed by atoms with Gasteiger partial charge in [0.1, 0.15) is 18.8 Å². The highest BCUT2D eigenvalue weighted by Gasteiger charge is 2.69. The molecule has 0 spiro atoms. The topological polar surface area (TPSA) is 110 Å². The molecule has 1 saturated carbocycles. The van der Waals surface area contributed by atoms with Crippen molar-refractivity contribution in [3.63, 3.8) is 0 Å². The fraction of sp³-hybridized carbons (Fsp3) is 0.609. The van der Waals surface area contributed by atoms with E-state index >= 15 is 0 Å². The van der Waals surface area contributed by atoms with E-state index in [1.54, 1.807) is 6.08 Å². The second-order valence-electron chi connectivity index (χ2n) is 9.41. The van der Waals surface area contributed by atoms with E-state index in [-0.39, 0.29) is 17.9 Å². The molecule has 1 aliphatic heterocycles. The zero-order valence-corrected chi connectivity index (χ0v) is 17.9. The Bertz CT molecular complexity index is 834. The van der Waals surface area contributed by atoms with Crippen molar-refractivity contribution in [2.24, 2.45) is 16.7 Å². The first-order valence-electron chi connectivity index (χ1n) is 10.3. The van der Waals surface area contributed by atoms with E-state index in [0.29, 0.717) is 12.0 Å². The van der Waals surface area contributed by atoms with Gasteiger partial charge in [-0.1, -0.05) is 39.3 Å². The molecular weight excluding hydrogens is 388 g/mol. The summed E-state index contributed by atoms with van der Waals surface area (Å²) in [5.41, 5.74) is -2.33. The van der Waals surface area contributed by atoms with Gasteiger partial charge in [0.25, 0.3) is 0 Å². The maximum atomic E-state index is 12.5. The Balaban J connectivity index is 1.87. The van der Waals surface area contributed by atoms with Crippen LogP contribution in [0.15, 0.2) is 36.0 Å². The van der Waals surface area contributed by atoms with Crippen LogP contribution < -0.4 is 0 Å². The number of cyclic esters (lactones) is 1. The van der Waals surface area contributed by atoms with Gasteiger partial charge in [-0.05, 0) is 37.3 Å². The third kappa shape index (κ3) is 3.54. The van der Waals surface area contributed by atoms with Crippen molar-refractivity contribution in [1.29, 1.82) is 0 Å². The molecule has 1 saturated heterocycles. The number of carbonyl (C=O) groups excluding carboxylic acids is 3. The summed E-state index contributed by atoms with van der Waals surface area (Å²) in [4.78, 5) is 36.3. The van der Waals surface area contributed by atoms with Crippen molar-refractivity contribution < 1.29 is 34.1 Å². The minimum Gasteiger partial charge on any atom is -0.459 e. The first-order valence-corrected chi connectivity index (χ1v) is 10.3.